The summed E-state index contributed by atoms with van der Waals surface area (Å²) in [6.07, 6.45) is 3.09. The summed E-state index contributed by atoms with van der Waals surface area (Å²) in [7, 11) is -3.76. The molecule has 0 bridgehead atoms. The van der Waals surface area contributed by atoms with Crippen LogP contribution in [0.4, 0.5) is 0 Å². The molecule has 2 rings (SSSR count). The van der Waals surface area contributed by atoms with Gasteiger partial charge in [0.25, 0.3) is 0 Å². The van der Waals surface area contributed by atoms with Gasteiger partial charge in [-0.2, -0.15) is 5.10 Å². The SMILES string of the molecule is Cc1nn(C2CCCCC2O)c(C)c1S(N)(=O)=O. The summed E-state index contributed by atoms with van der Waals surface area (Å²) < 4.78 is 24.7. The van der Waals surface area contributed by atoms with Crippen LogP contribution in [0.1, 0.15) is 43.1 Å². The Morgan fingerprint density at radius 2 is 1.94 bits per heavy atom. The van der Waals surface area contributed by atoms with E-state index in [4.69, 9.17) is 5.14 Å². The van der Waals surface area contributed by atoms with Gasteiger partial charge >= 0.3 is 0 Å². The molecule has 0 saturated heterocycles. The summed E-state index contributed by atoms with van der Waals surface area (Å²) in [5.41, 5.74) is 0.911. The quantitative estimate of drug-likeness (QED) is 0.825. The van der Waals surface area contributed by atoms with Crippen molar-refractivity contribution in [1.82, 2.24) is 9.78 Å². The summed E-state index contributed by atoms with van der Waals surface area (Å²) in [6, 6.07) is -0.145. The van der Waals surface area contributed by atoms with Gasteiger partial charge in [-0.15, -0.1) is 0 Å². The summed E-state index contributed by atoms with van der Waals surface area (Å²) in [4.78, 5) is 0.0836. The lowest BCUT2D eigenvalue weighted by Crippen LogP contribution is -2.29. The third-order valence-corrected chi connectivity index (χ3v) is 4.71. The number of nitrogens with zero attached hydrogens (tertiary/aromatic N) is 2. The van der Waals surface area contributed by atoms with Gasteiger partial charge in [0.1, 0.15) is 4.90 Å². The zero-order valence-electron chi connectivity index (χ0n) is 10.6. The summed E-state index contributed by atoms with van der Waals surface area (Å²) in [5, 5.41) is 19.4. The molecule has 6 nitrogen and oxygen atoms in total. The number of rotatable bonds is 2. The molecule has 1 fully saturated rings. The highest BCUT2D eigenvalue weighted by atomic mass is 32.2. The molecule has 1 aliphatic rings. The summed E-state index contributed by atoms with van der Waals surface area (Å²) in [5.74, 6) is 0. The molecular formula is C11H19N3O3S. The lowest BCUT2D eigenvalue weighted by molar-refractivity contribution is 0.0681. The molecule has 0 aliphatic heterocycles. The normalized spacial score (nSPS) is 25.3. The number of sulfonamides is 1. The van der Waals surface area contributed by atoms with Crippen molar-refractivity contribution < 1.29 is 13.5 Å². The van der Waals surface area contributed by atoms with Crippen molar-refractivity contribution in [2.75, 3.05) is 0 Å². The van der Waals surface area contributed by atoms with Crippen LogP contribution in [0.25, 0.3) is 0 Å². The maximum Gasteiger partial charge on any atom is 0.241 e. The zero-order chi connectivity index (χ0) is 13.5. The van der Waals surface area contributed by atoms with E-state index in [1.54, 1.807) is 18.5 Å². The first-order valence-electron chi connectivity index (χ1n) is 6.09. The van der Waals surface area contributed by atoms with Gasteiger partial charge in [-0.05, 0) is 26.7 Å². The second kappa shape index (κ2) is 4.64. The standard InChI is InChI=1S/C11H19N3O3S/c1-7-11(18(12,16)17)8(2)14(13-7)9-5-3-4-6-10(9)15/h9-10,15H,3-6H2,1-2H3,(H2,12,16,17). The molecule has 0 amide bonds. The molecule has 7 heteroatoms. The van der Waals surface area contributed by atoms with Crippen LogP contribution < -0.4 is 5.14 Å². The van der Waals surface area contributed by atoms with Crippen LogP contribution in [-0.2, 0) is 10.0 Å². The molecule has 102 valence electrons. The number of aryl methyl sites for hydroxylation is 1. The van der Waals surface area contributed by atoms with Crippen molar-refractivity contribution >= 4 is 10.0 Å². The van der Waals surface area contributed by atoms with E-state index in [1.807, 2.05) is 0 Å². The summed E-state index contributed by atoms with van der Waals surface area (Å²) in [6.45, 7) is 3.31. The van der Waals surface area contributed by atoms with E-state index in [0.29, 0.717) is 11.4 Å². The first kappa shape index (κ1) is 13.5. The second-order valence-electron chi connectivity index (χ2n) is 4.91. The molecule has 1 heterocycles. The highest BCUT2D eigenvalue weighted by molar-refractivity contribution is 7.89. The van der Waals surface area contributed by atoms with E-state index < -0.39 is 16.1 Å². The Labute approximate surface area is 107 Å². The second-order valence-corrected chi connectivity index (χ2v) is 6.41. The van der Waals surface area contributed by atoms with E-state index in [-0.39, 0.29) is 10.9 Å². The van der Waals surface area contributed by atoms with Gasteiger partial charge in [0.15, 0.2) is 0 Å². The highest BCUT2D eigenvalue weighted by Gasteiger charge is 2.30. The van der Waals surface area contributed by atoms with E-state index in [1.165, 1.54) is 0 Å². The minimum Gasteiger partial charge on any atom is -0.391 e. The number of hydrogen-bond acceptors (Lipinski definition) is 4. The molecule has 0 spiro atoms. The third kappa shape index (κ3) is 2.30. The Kier molecular flexibility index (Phi) is 3.48. The zero-order valence-corrected chi connectivity index (χ0v) is 11.4. The van der Waals surface area contributed by atoms with Gasteiger partial charge in [0, 0.05) is 0 Å². The molecule has 18 heavy (non-hydrogen) atoms. The predicted octanol–water partition coefficient (Wildman–Crippen LogP) is 0.623. The lowest BCUT2D eigenvalue weighted by atomic mass is 9.92. The molecule has 2 atom stereocenters. The van der Waals surface area contributed by atoms with Crippen molar-refractivity contribution in [3.63, 3.8) is 0 Å². The predicted molar refractivity (Wildman–Crippen MR) is 66.6 cm³/mol. The first-order valence-corrected chi connectivity index (χ1v) is 7.63. The van der Waals surface area contributed by atoms with Crippen LogP contribution >= 0.6 is 0 Å². The van der Waals surface area contributed by atoms with Gasteiger partial charge < -0.3 is 5.11 Å². The number of nitrogens with two attached hydrogens (primary N) is 1. The van der Waals surface area contributed by atoms with Crippen LogP contribution in [0.2, 0.25) is 0 Å². The average Bonchev–Trinajstić information content (AvgIpc) is 2.54. The average molecular weight is 273 g/mol. The van der Waals surface area contributed by atoms with Crippen LogP contribution in [0.3, 0.4) is 0 Å². The molecule has 1 aromatic heterocycles. The van der Waals surface area contributed by atoms with Gasteiger partial charge in [-0.25, -0.2) is 13.6 Å². The van der Waals surface area contributed by atoms with Crippen LogP contribution in [0.5, 0.6) is 0 Å². The number of hydrogen-bond donors (Lipinski definition) is 2. The third-order valence-electron chi connectivity index (χ3n) is 3.55. The van der Waals surface area contributed by atoms with Crippen LogP contribution in [0, 0.1) is 13.8 Å². The molecule has 3 N–H and O–H groups in total. The Morgan fingerprint density at radius 1 is 1.33 bits per heavy atom. The number of aliphatic hydroxyl groups is 1. The molecule has 0 radical (unpaired) electrons. The number of primary sulfonamides is 1. The van der Waals surface area contributed by atoms with Gasteiger partial charge in [0.05, 0.1) is 23.5 Å². The molecular weight excluding hydrogens is 254 g/mol. The minimum atomic E-state index is -3.76. The molecule has 1 aromatic rings. The van der Waals surface area contributed by atoms with Crippen molar-refractivity contribution in [1.29, 1.82) is 0 Å². The number of aliphatic hydroxyl groups excluding tert-OH is 1. The maximum absolute atomic E-state index is 11.5. The van der Waals surface area contributed by atoms with Gasteiger partial charge in [-0.1, -0.05) is 12.8 Å². The van der Waals surface area contributed by atoms with Crippen molar-refractivity contribution in [2.24, 2.45) is 5.14 Å². The Morgan fingerprint density at radius 3 is 2.44 bits per heavy atom. The van der Waals surface area contributed by atoms with Crippen LogP contribution in [0.15, 0.2) is 4.90 Å². The minimum absolute atomic E-state index is 0.0836. The Bertz CT molecular complexity index is 550. The van der Waals surface area contributed by atoms with Crippen molar-refractivity contribution in [3.8, 4) is 0 Å². The molecule has 1 aliphatic carbocycles. The van der Waals surface area contributed by atoms with Crippen LogP contribution in [-0.4, -0.2) is 29.4 Å². The molecule has 1 saturated carbocycles. The summed E-state index contributed by atoms with van der Waals surface area (Å²) >= 11 is 0. The maximum atomic E-state index is 11.5. The van der Waals surface area contributed by atoms with E-state index >= 15 is 0 Å². The molecule has 2 unspecified atom stereocenters. The van der Waals surface area contributed by atoms with Crippen molar-refractivity contribution in [2.45, 2.75) is 56.6 Å². The van der Waals surface area contributed by atoms with Gasteiger partial charge in [-0.3, -0.25) is 4.68 Å². The number of aromatic nitrogens is 2. The fraction of sp³-hybridized carbons (Fsp3) is 0.727. The molecule has 0 aromatic carbocycles. The lowest BCUT2D eigenvalue weighted by Gasteiger charge is -2.28. The van der Waals surface area contributed by atoms with E-state index in [2.05, 4.69) is 5.10 Å². The Balaban J connectivity index is 2.47. The fourth-order valence-corrected chi connectivity index (χ4v) is 3.72. The smallest absolute Gasteiger partial charge is 0.241 e. The van der Waals surface area contributed by atoms with Gasteiger partial charge in [0.2, 0.25) is 10.0 Å². The largest absolute Gasteiger partial charge is 0.391 e. The van der Waals surface area contributed by atoms with E-state index in [9.17, 15) is 13.5 Å². The van der Waals surface area contributed by atoms with Crippen molar-refractivity contribution in [3.05, 3.63) is 11.4 Å². The van der Waals surface area contributed by atoms with E-state index in [0.717, 1.165) is 25.7 Å². The highest BCUT2D eigenvalue weighted by Crippen LogP contribution is 2.31. The first-order chi connectivity index (χ1) is 8.32. The Hall–Kier alpha value is -0.920. The topological polar surface area (TPSA) is 98.2 Å². The fourth-order valence-electron chi connectivity index (χ4n) is 2.76. The monoisotopic (exact) mass is 273 g/mol.